The van der Waals surface area contributed by atoms with Gasteiger partial charge >= 0.3 is 292 Å². The maximum atomic E-state index is 13.8. The van der Waals surface area contributed by atoms with Gasteiger partial charge in [0.05, 0.1) is 0 Å². The molecule has 0 fully saturated rings. The third-order valence-electron chi connectivity index (χ3n) is 6.35. The minimum atomic E-state index is -3.81. The Balaban J connectivity index is 1.08. The molecule has 6 aromatic rings. The maximum absolute atomic E-state index is 13.8. The van der Waals surface area contributed by atoms with Crippen molar-refractivity contribution in [3.8, 4) is 23.0 Å². The molecule has 48 heavy (non-hydrogen) atoms. The Morgan fingerprint density at radius 2 is 0.604 bits per heavy atom. The van der Waals surface area contributed by atoms with Crippen LogP contribution in [0, 0.1) is 0 Å². The van der Waals surface area contributed by atoms with Gasteiger partial charge in [0.1, 0.15) is 0 Å². The Labute approximate surface area is 290 Å². The average molecular weight is 807 g/mol. The predicted molar refractivity (Wildman–Crippen MR) is 194 cm³/mol. The molecule has 242 valence electrons. The first-order chi connectivity index (χ1) is 23.4. The average Bonchev–Trinajstić information content (AvgIpc) is 3.10. The second kappa shape index (κ2) is 16.1. The monoisotopic (exact) mass is 808 g/mol. The molecule has 0 atom stereocenters. The van der Waals surface area contributed by atoms with Gasteiger partial charge in [-0.1, -0.05) is 0 Å². The van der Waals surface area contributed by atoms with Gasteiger partial charge in [-0.2, -0.15) is 0 Å². The van der Waals surface area contributed by atoms with E-state index < -0.39 is 15.5 Å². The van der Waals surface area contributed by atoms with Crippen LogP contribution in [-0.2, 0) is 9.13 Å². The molecule has 0 aromatic heterocycles. The zero-order valence-corrected chi connectivity index (χ0v) is 30.5. The molecule has 0 aliphatic rings. The van der Waals surface area contributed by atoms with Crippen LogP contribution in [0.2, 0.25) is 0 Å². The van der Waals surface area contributed by atoms with Crippen LogP contribution in [0.3, 0.4) is 0 Å². The van der Waals surface area contributed by atoms with Crippen LogP contribution in [0.25, 0.3) is 0 Å². The Hall–Kier alpha value is -4.38. The van der Waals surface area contributed by atoms with Crippen molar-refractivity contribution < 1.29 is 27.2 Å². The van der Waals surface area contributed by atoms with Gasteiger partial charge in [0.2, 0.25) is 0 Å². The molecule has 6 aromatic carbocycles. The van der Waals surface area contributed by atoms with Crippen LogP contribution in [0.15, 0.2) is 170 Å². The summed E-state index contributed by atoms with van der Waals surface area (Å²) in [7, 11) is -7.62. The number of hydrogen-bond acceptors (Lipinski definition) is 6. The summed E-state index contributed by atoms with van der Waals surface area (Å²) in [5.74, 6) is 1.73. The fourth-order valence-electron chi connectivity index (χ4n) is 4.19. The Morgan fingerprint density at radius 3 is 0.854 bits per heavy atom. The zero-order valence-electron chi connectivity index (χ0n) is 25.3. The van der Waals surface area contributed by atoms with Crippen molar-refractivity contribution in [2.24, 2.45) is 0 Å². The molecule has 0 saturated heterocycles. The summed E-state index contributed by atoms with van der Waals surface area (Å²) in [6.45, 7) is 0. The van der Waals surface area contributed by atoms with Crippen LogP contribution in [-0.4, -0.2) is 26.3 Å². The van der Waals surface area contributed by atoms with Gasteiger partial charge in [-0.25, -0.2) is 0 Å². The molecule has 0 saturated carbocycles. The zero-order chi connectivity index (χ0) is 33.1. The van der Waals surface area contributed by atoms with Gasteiger partial charge in [0.25, 0.3) is 0 Å². The molecule has 12 heteroatoms. The molecule has 2 N–H and O–H groups in total. The van der Waals surface area contributed by atoms with E-state index in [4.69, 9.17) is 18.1 Å². The SMILES string of the molecule is O=P(Nc1ccc([Se][Se]c2ccc(NP(=O)(Oc3ccccc3)Oc3ccccc3)cc2)cc1)(Oc1ccccc1)Oc1ccccc1. The molecule has 0 heterocycles. The van der Waals surface area contributed by atoms with E-state index in [2.05, 4.69) is 10.2 Å². The van der Waals surface area contributed by atoms with Gasteiger partial charge in [0.15, 0.2) is 0 Å². The normalized spacial score (nSPS) is 11.2. The van der Waals surface area contributed by atoms with E-state index in [0.29, 0.717) is 34.4 Å². The summed E-state index contributed by atoms with van der Waals surface area (Å²) < 4.78 is 53.4. The Morgan fingerprint density at radius 1 is 0.354 bits per heavy atom. The number of rotatable bonds is 15. The van der Waals surface area contributed by atoms with Crippen LogP contribution in [0.5, 0.6) is 23.0 Å². The van der Waals surface area contributed by atoms with E-state index in [1.54, 1.807) is 48.5 Å². The van der Waals surface area contributed by atoms with Crippen molar-refractivity contribution in [1.82, 2.24) is 0 Å². The summed E-state index contributed by atoms with van der Waals surface area (Å²) in [4.78, 5) is 0. The Bertz CT molecular complexity index is 1740. The molecule has 0 bridgehead atoms. The first-order valence-electron chi connectivity index (χ1n) is 14.7. The molecule has 0 spiro atoms. The molecule has 0 unspecified atom stereocenters. The van der Waals surface area contributed by atoms with Crippen LogP contribution < -0.4 is 37.2 Å². The summed E-state index contributed by atoms with van der Waals surface area (Å²) >= 11 is 0.376. The van der Waals surface area contributed by atoms with E-state index in [1.807, 2.05) is 121 Å². The van der Waals surface area contributed by atoms with E-state index in [0.717, 1.165) is 0 Å². The van der Waals surface area contributed by atoms with Crippen molar-refractivity contribution >= 4 is 62.1 Å². The van der Waals surface area contributed by atoms with Crippen molar-refractivity contribution in [2.75, 3.05) is 10.2 Å². The van der Waals surface area contributed by atoms with Crippen LogP contribution >= 0.6 is 15.5 Å². The number of hydrogen-bond donors (Lipinski definition) is 2. The van der Waals surface area contributed by atoms with Gasteiger partial charge in [0, 0.05) is 0 Å². The summed E-state index contributed by atoms with van der Waals surface area (Å²) in [6, 6.07) is 51.4. The van der Waals surface area contributed by atoms with Crippen LogP contribution in [0.1, 0.15) is 0 Å². The first-order valence-corrected chi connectivity index (χ1v) is 23.9. The van der Waals surface area contributed by atoms with E-state index >= 15 is 0 Å². The van der Waals surface area contributed by atoms with Crippen LogP contribution in [0.4, 0.5) is 11.4 Å². The summed E-state index contributed by atoms with van der Waals surface area (Å²) in [5, 5.41) is 5.96. The molecule has 0 aliphatic heterocycles. The number of para-hydroxylation sites is 4. The van der Waals surface area contributed by atoms with Gasteiger partial charge < -0.3 is 0 Å². The third-order valence-corrected chi connectivity index (χ3v) is 16.4. The fourth-order valence-corrected chi connectivity index (χ4v) is 12.9. The molecular formula is C36H30N2O6P2Se2. The molecular weight excluding hydrogens is 776 g/mol. The van der Waals surface area contributed by atoms with E-state index in [9.17, 15) is 9.13 Å². The summed E-state index contributed by atoms with van der Waals surface area (Å²) in [6.07, 6.45) is 0. The molecule has 0 radical (unpaired) electrons. The number of nitrogens with one attached hydrogen (secondary N) is 2. The van der Waals surface area contributed by atoms with Crippen molar-refractivity contribution in [3.63, 3.8) is 0 Å². The summed E-state index contributed by atoms with van der Waals surface area (Å²) in [5.41, 5.74) is 1.24. The van der Waals surface area contributed by atoms with E-state index in [1.165, 1.54) is 8.92 Å². The second-order valence-corrected chi connectivity index (χ2v) is 19.5. The van der Waals surface area contributed by atoms with Crippen molar-refractivity contribution in [1.29, 1.82) is 0 Å². The Kier molecular flexibility index (Phi) is 11.3. The van der Waals surface area contributed by atoms with Crippen molar-refractivity contribution in [3.05, 3.63) is 170 Å². The van der Waals surface area contributed by atoms with Gasteiger partial charge in [-0.05, 0) is 0 Å². The number of anilines is 2. The minimum absolute atomic E-state index is 0.188. The standard InChI is InChI=1S/C36H30N2O6P2Se2/c39-45(41-31-13-5-1-6-14-31,42-32-15-7-2-8-16-32)37-29-21-25-35(26-22-29)47-48-36-27-23-30(24-28-36)38-46(40,43-33-17-9-3-10-18-33)44-34-19-11-4-12-20-34/h1-28H,(H,37,39)(H,38,40). The molecule has 0 aliphatic carbocycles. The van der Waals surface area contributed by atoms with E-state index in [-0.39, 0.29) is 26.3 Å². The molecule has 6 rings (SSSR count). The topological polar surface area (TPSA) is 95.1 Å². The van der Waals surface area contributed by atoms with Gasteiger partial charge in [-0.15, -0.1) is 0 Å². The number of benzene rings is 6. The fraction of sp³-hybridized carbons (Fsp3) is 0. The second-order valence-electron chi connectivity index (χ2n) is 10.1. The molecule has 0 amide bonds. The first kappa shape index (κ1) is 33.5. The van der Waals surface area contributed by atoms with Gasteiger partial charge in [-0.3, -0.25) is 0 Å². The predicted octanol–water partition coefficient (Wildman–Crippen LogP) is 8.32. The third kappa shape index (κ3) is 10.1. The molecule has 8 nitrogen and oxygen atoms in total. The quantitative estimate of drug-likeness (QED) is 0.0791. The van der Waals surface area contributed by atoms with Crippen molar-refractivity contribution in [2.45, 2.75) is 0 Å².